The van der Waals surface area contributed by atoms with Crippen LogP contribution in [0.25, 0.3) is 0 Å². The highest BCUT2D eigenvalue weighted by Crippen LogP contribution is 2.14. The molecule has 0 aliphatic carbocycles. The first-order valence-corrected chi connectivity index (χ1v) is 6.20. The van der Waals surface area contributed by atoms with E-state index in [2.05, 4.69) is 36.2 Å². The van der Waals surface area contributed by atoms with E-state index in [-0.39, 0.29) is 0 Å². The number of aromatic nitrogens is 1. The molecular weight excluding hydrogens is 214 g/mol. The van der Waals surface area contributed by atoms with Crippen LogP contribution in [-0.4, -0.2) is 43.7 Å². The normalized spacial score (nSPS) is 10.6. The highest BCUT2D eigenvalue weighted by molar-refractivity contribution is 5.40. The second-order valence-corrected chi connectivity index (χ2v) is 4.31. The summed E-state index contributed by atoms with van der Waals surface area (Å²) in [5, 5.41) is 3.24. The topological polar surface area (TPSA) is 37.4 Å². The first-order valence-electron chi connectivity index (χ1n) is 6.20. The Hall–Kier alpha value is -1.29. The van der Waals surface area contributed by atoms with Crippen molar-refractivity contribution < 1.29 is 4.74 Å². The predicted octanol–water partition coefficient (Wildman–Crippen LogP) is 2.23. The molecule has 1 heterocycles. The Morgan fingerprint density at radius 3 is 2.94 bits per heavy atom. The van der Waals surface area contributed by atoms with Gasteiger partial charge in [-0.25, -0.2) is 4.98 Å². The van der Waals surface area contributed by atoms with Crippen LogP contribution in [0.4, 0.5) is 5.82 Å². The molecule has 0 aliphatic rings. The lowest BCUT2D eigenvalue weighted by Gasteiger charge is -2.11. The quantitative estimate of drug-likeness (QED) is 0.704. The molecule has 0 aromatic carbocycles. The molecule has 0 unspecified atom stereocenters. The predicted molar refractivity (Wildman–Crippen MR) is 71.7 cm³/mol. The minimum atomic E-state index is 0.745. The van der Waals surface area contributed by atoms with Gasteiger partial charge in [-0.3, -0.25) is 0 Å². The Morgan fingerprint density at radius 1 is 1.41 bits per heavy atom. The Bertz CT molecular complexity index is 315. The van der Waals surface area contributed by atoms with Crippen molar-refractivity contribution in [3.05, 3.63) is 18.3 Å². The van der Waals surface area contributed by atoms with Gasteiger partial charge in [-0.1, -0.05) is 6.92 Å². The van der Waals surface area contributed by atoms with Gasteiger partial charge in [-0.2, -0.15) is 0 Å². The highest BCUT2D eigenvalue weighted by Gasteiger charge is 1.98. The van der Waals surface area contributed by atoms with Crippen LogP contribution in [0.5, 0.6) is 5.75 Å². The van der Waals surface area contributed by atoms with E-state index in [1.165, 1.54) is 0 Å². The number of nitrogens with zero attached hydrogens (tertiary/aromatic N) is 2. The van der Waals surface area contributed by atoms with Crippen molar-refractivity contribution in [3.8, 4) is 5.75 Å². The summed E-state index contributed by atoms with van der Waals surface area (Å²) < 4.78 is 5.67. The second kappa shape index (κ2) is 7.90. The van der Waals surface area contributed by atoms with Crippen molar-refractivity contribution in [2.24, 2.45) is 0 Å². The summed E-state index contributed by atoms with van der Waals surface area (Å²) in [7, 11) is 4.14. The number of hydrogen-bond acceptors (Lipinski definition) is 4. The van der Waals surface area contributed by atoms with Gasteiger partial charge >= 0.3 is 0 Å². The van der Waals surface area contributed by atoms with E-state index in [0.29, 0.717) is 0 Å². The van der Waals surface area contributed by atoms with Crippen molar-refractivity contribution in [2.45, 2.75) is 19.8 Å². The molecule has 96 valence electrons. The molecule has 0 aliphatic heterocycles. The summed E-state index contributed by atoms with van der Waals surface area (Å²) >= 11 is 0. The number of anilines is 1. The summed E-state index contributed by atoms with van der Waals surface area (Å²) in [6, 6.07) is 3.85. The molecule has 0 amide bonds. The maximum Gasteiger partial charge on any atom is 0.129 e. The van der Waals surface area contributed by atoms with E-state index >= 15 is 0 Å². The molecule has 0 fully saturated rings. The Kier molecular flexibility index (Phi) is 6.40. The first kappa shape index (κ1) is 13.8. The molecule has 0 saturated carbocycles. The molecular formula is C13H23N3O. The molecule has 4 nitrogen and oxygen atoms in total. The van der Waals surface area contributed by atoms with E-state index in [0.717, 1.165) is 44.1 Å². The molecule has 0 saturated heterocycles. The van der Waals surface area contributed by atoms with Crippen LogP contribution in [0.2, 0.25) is 0 Å². The molecule has 1 rings (SSSR count). The molecule has 0 atom stereocenters. The smallest absolute Gasteiger partial charge is 0.129 e. The largest absolute Gasteiger partial charge is 0.493 e. The van der Waals surface area contributed by atoms with Gasteiger partial charge in [0, 0.05) is 25.4 Å². The van der Waals surface area contributed by atoms with Gasteiger partial charge in [0.15, 0.2) is 0 Å². The van der Waals surface area contributed by atoms with Crippen LogP contribution in [0.1, 0.15) is 19.8 Å². The van der Waals surface area contributed by atoms with Crippen molar-refractivity contribution >= 4 is 5.82 Å². The lowest BCUT2D eigenvalue weighted by atomic mass is 10.4. The van der Waals surface area contributed by atoms with Gasteiger partial charge in [-0.15, -0.1) is 0 Å². The summed E-state index contributed by atoms with van der Waals surface area (Å²) in [6.07, 6.45) is 3.90. The van der Waals surface area contributed by atoms with Crippen LogP contribution >= 0.6 is 0 Å². The number of pyridine rings is 1. The van der Waals surface area contributed by atoms with Crippen LogP contribution in [0, 0.1) is 0 Å². The second-order valence-electron chi connectivity index (χ2n) is 4.31. The third-order valence-electron chi connectivity index (χ3n) is 2.31. The Morgan fingerprint density at radius 2 is 2.24 bits per heavy atom. The number of hydrogen-bond donors (Lipinski definition) is 1. The van der Waals surface area contributed by atoms with Gasteiger partial charge in [0.1, 0.15) is 11.6 Å². The molecule has 1 aromatic rings. The fourth-order valence-electron chi connectivity index (χ4n) is 1.42. The summed E-state index contributed by atoms with van der Waals surface area (Å²) in [6.45, 7) is 4.87. The fraction of sp³-hybridized carbons (Fsp3) is 0.615. The third kappa shape index (κ3) is 6.12. The van der Waals surface area contributed by atoms with E-state index in [9.17, 15) is 0 Å². The number of rotatable bonds is 8. The van der Waals surface area contributed by atoms with E-state index in [1.807, 2.05) is 12.1 Å². The zero-order valence-corrected chi connectivity index (χ0v) is 11.1. The maximum absolute atomic E-state index is 5.67. The lowest BCUT2D eigenvalue weighted by Crippen LogP contribution is -2.15. The summed E-state index contributed by atoms with van der Waals surface area (Å²) in [5.74, 6) is 1.77. The van der Waals surface area contributed by atoms with Gasteiger partial charge < -0.3 is 15.0 Å². The Balaban J connectivity index is 2.32. The number of nitrogens with one attached hydrogen (secondary N) is 1. The minimum absolute atomic E-state index is 0.745. The lowest BCUT2D eigenvalue weighted by molar-refractivity contribution is 0.281. The van der Waals surface area contributed by atoms with Crippen LogP contribution in [0.15, 0.2) is 18.3 Å². The van der Waals surface area contributed by atoms with Crippen LogP contribution < -0.4 is 10.1 Å². The Labute approximate surface area is 104 Å². The maximum atomic E-state index is 5.67. The first-order chi connectivity index (χ1) is 8.22. The van der Waals surface area contributed by atoms with Gasteiger partial charge in [0.25, 0.3) is 0 Å². The van der Waals surface area contributed by atoms with E-state index in [1.54, 1.807) is 6.20 Å². The zero-order valence-electron chi connectivity index (χ0n) is 11.1. The molecule has 1 aromatic heterocycles. The SMILES string of the molecule is CCCNc1cc(OCCCN(C)C)ccn1. The van der Waals surface area contributed by atoms with E-state index in [4.69, 9.17) is 4.74 Å². The van der Waals surface area contributed by atoms with Crippen molar-refractivity contribution in [3.63, 3.8) is 0 Å². The van der Waals surface area contributed by atoms with Crippen LogP contribution in [-0.2, 0) is 0 Å². The third-order valence-corrected chi connectivity index (χ3v) is 2.31. The monoisotopic (exact) mass is 237 g/mol. The average Bonchev–Trinajstić information content (AvgIpc) is 2.32. The molecule has 4 heteroatoms. The summed E-state index contributed by atoms with van der Waals surface area (Å²) in [4.78, 5) is 6.39. The van der Waals surface area contributed by atoms with Gasteiger partial charge in [0.05, 0.1) is 6.61 Å². The van der Waals surface area contributed by atoms with Crippen molar-refractivity contribution in [1.29, 1.82) is 0 Å². The zero-order chi connectivity index (χ0) is 12.5. The fourth-order valence-corrected chi connectivity index (χ4v) is 1.42. The van der Waals surface area contributed by atoms with E-state index < -0.39 is 0 Å². The molecule has 17 heavy (non-hydrogen) atoms. The molecule has 0 spiro atoms. The summed E-state index contributed by atoms with van der Waals surface area (Å²) in [5.41, 5.74) is 0. The average molecular weight is 237 g/mol. The number of ether oxygens (including phenoxy) is 1. The standard InChI is InChI=1S/C13H23N3O/c1-4-7-14-13-11-12(6-8-15-13)17-10-5-9-16(2)3/h6,8,11H,4-5,7,9-10H2,1-3H3,(H,14,15). The van der Waals surface area contributed by atoms with Crippen molar-refractivity contribution in [2.75, 3.05) is 39.1 Å². The molecule has 1 N–H and O–H groups in total. The highest BCUT2D eigenvalue weighted by atomic mass is 16.5. The minimum Gasteiger partial charge on any atom is -0.493 e. The molecule has 0 bridgehead atoms. The van der Waals surface area contributed by atoms with Crippen molar-refractivity contribution in [1.82, 2.24) is 9.88 Å². The molecule has 0 radical (unpaired) electrons. The van der Waals surface area contributed by atoms with Gasteiger partial charge in [0.2, 0.25) is 0 Å². The van der Waals surface area contributed by atoms with Crippen LogP contribution in [0.3, 0.4) is 0 Å². The van der Waals surface area contributed by atoms with Gasteiger partial charge in [-0.05, 0) is 33.0 Å².